The fraction of sp³-hybridized carbons (Fsp3) is 0.179. The maximum absolute atomic E-state index is 14.5. The van der Waals surface area contributed by atoms with Crippen LogP contribution in [0.4, 0.5) is 13.2 Å². The van der Waals surface area contributed by atoms with Gasteiger partial charge in [0.1, 0.15) is 6.04 Å². The van der Waals surface area contributed by atoms with Crippen LogP contribution in [-0.2, 0) is 41.7 Å². The molecule has 0 saturated carbocycles. The predicted octanol–water partition coefficient (Wildman–Crippen LogP) is 7.40. The highest BCUT2D eigenvalue weighted by Crippen LogP contribution is 2.29. The lowest BCUT2D eigenvalue weighted by atomic mass is 9.97. The van der Waals surface area contributed by atoms with Crippen molar-refractivity contribution in [2.45, 2.75) is 38.1 Å². The lowest BCUT2D eigenvalue weighted by Crippen LogP contribution is -2.52. The molecule has 2 heterocycles. The highest BCUT2D eigenvalue weighted by molar-refractivity contribution is 5.96. The molecule has 0 unspecified atom stereocenters. The van der Waals surface area contributed by atoms with E-state index in [0.29, 0.717) is 30.8 Å². The van der Waals surface area contributed by atoms with Crippen LogP contribution in [0, 0.1) is 0 Å². The van der Waals surface area contributed by atoms with E-state index in [-0.39, 0.29) is 18.9 Å². The second-order valence-corrected chi connectivity index (χ2v) is 11.7. The number of alkyl halides is 3. The van der Waals surface area contributed by atoms with Gasteiger partial charge in [0, 0.05) is 50.1 Å². The number of fused-ring (bicyclic) bond motifs is 1. The number of rotatable bonds is 9. The van der Waals surface area contributed by atoms with Crippen molar-refractivity contribution >= 4 is 17.9 Å². The highest BCUT2D eigenvalue weighted by atomic mass is 19.4. The number of halogens is 3. The van der Waals surface area contributed by atoms with E-state index >= 15 is 0 Å². The van der Waals surface area contributed by atoms with E-state index in [9.17, 15) is 22.8 Å². The quantitative estimate of drug-likeness (QED) is 0.157. The van der Waals surface area contributed by atoms with Gasteiger partial charge in [-0.1, -0.05) is 91.0 Å². The molecule has 1 aromatic heterocycles. The number of nitrogens with zero attached hydrogens (tertiary/aromatic N) is 4. The van der Waals surface area contributed by atoms with Crippen molar-refractivity contribution < 1.29 is 22.8 Å². The summed E-state index contributed by atoms with van der Waals surface area (Å²) < 4.78 is 39.4. The number of amides is 2. The molecular weight excluding hydrogens is 613 g/mol. The molecule has 6 nitrogen and oxygen atoms in total. The molecule has 0 bridgehead atoms. The Balaban J connectivity index is 1.34. The zero-order valence-electron chi connectivity index (χ0n) is 26.1. The number of hydrogen-bond acceptors (Lipinski definition) is 4. The highest BCUT2D eigenvalue weighted by Gasteiger charge is 2.34. The molecule has 4 aromatic carbocycles. The number of aromatic nitrogens is 2. The van der Waals surface area contributed by atoms with Crippen molar-refractivity contribution in [3.63, 3.8) is 0 Å². The molecule has 0 aliphatic carbocycles. The van der Waals surface area contributed by atoms with Crippen molar-refractivity contribution in [1.29, 1.82) is 0 Å². The minimum absolute atomic E-state index is 0.130. The van der Waals surface area contributed by atoms with E-state index in [1.54, 1.807) is 23.5 Å². The lowest BCUT2D eigenvalue weighted by Gasteiger charge is -2.37. The number of hydrogen-bond donors (Lipinski definition) is 0. The third-order valence-corrected chi connectivity index (χ3v) is 8.48. The predicted molar refractivity (Wildman–Crippen MR) is 178 cm³/mol. The van der Waals surface area contributed by atoms with Crippen molar-refractivity contribution in [3.05, 3.63) is 161 Å². The number of carbonyl (C=O) groups excluding carboxylic acids is 2. The van der Waals surface area contributed by atoms with E-state index in [4.69, 9.17) is 0 Å². The van der Waals surface area contributed by atoms with Crippen molar-refractivity contribution in [1.82, 2.24) is 19.8 Å². The zero-order valence-corrected chi connectivity index (χ0v) is 26.1. The summed E-state index contributed by atoms with van der Waals surface area (Å²) in [5.41, 5.74) is 5.21. The van der Waals surface area contributed by atoms with Crippen LogP contribution < -0.4 is 0 Å². The monoisotopic (exact) mass is 646 g/mol. The van der Waals surface area contributed by atoms with Crippen LogP contribution in [0.3, 0.4) is 0 Å². The zero-order chi connectivity index (χ0) is 33.5. The van der Waals surface area contributed by atoms with Gasteiger partial charge in [-0.05, 0) is 52.4 Å². The molecule has 242 valence electrons. The largest absolute Gasteiger partial charge is 0.416 e. The van der Waals surface area contributed by atoms with Gasteiger partial charge in [0.05, 0.1) is 17.5 Å². The van der Waals surface area contributed by atoms with Crippen LogP contribution in [0.1, 0.15) is 33.4 Å². The van der Waals surface area contributed by atoms with Gasteiger partial charge in [0.2, 0.25) is 11.8 Å². The second kappa shape index (κ2) is 14.5. The first-order chi connectivity index (χ1) is 23.2. The standard InChI is InChI=1S/C39H33F3N4O2/c40-39(41,42)34-17-12-28(13-18-34)14-19-37(47)46(26-30-10-15-32(16-11-30)35-25-43-21-22-44-35)36(24-29-6-2-1-3-7-29)38(48)45-23-20-31-8-4-5-9-33(31)27-45/h1-19,21-22,25,36H,20,23-24,26-27H2/t36-/m0/s1. The molecule has 0 radical (unpaired) electrons. The fourth-order valence-electron chi connectivity index (χ4n) is 5.88. The fourth-order valence-corrected chi connectivity index (χ4v) is 5.88. The molecule has 1 atom stereocenters. The topological polar surface area (TPSA) is 66.4 Å². The minimum atomic E-state index is -4.46. The van der Waals surface area contributed by atoms with Crippen molar-refractivity contribution in [2.24, 2.45) is 0 Å². The Morgan fingerprint density at radius 3 is 2.23 bits per heavy atom. The van der Waals surface area contributed by atoms with Crippen LogP contribution in [0.15, 0.2) is 128 Å². The summed E-state index contributed by atoms with van der Waals surface area (Å²) in [4.78, 5) is 40.5. The van der Waals surface area contributed by atoms with Crippen LogP contribution in [0.2, 0.25) is 0 Å². The maximum atomic E-state index is 14.5. The summed E-state index contributed by atoms with van der Waals surface area (Å²) in [5, 5.41) is 0. The molecule has 9 heteroatoms. The van der Waals surface area contributed by atoms with Gasteiger partial charge in [-0.25, -0.2) is 0 Å². The summed E-state index contributed by atoms with van der Waals surface area (Å²) in [5.74, 6) is -0.597. The van der Waals surface area contributed by atoms with Gasteiger partial charge in [-0.3, -0.25) is 19.6 Å². The molecule has 0 fully saturated rings. The summed E-state index contributed by atoms with van der Waals surface area (Å²) in [7, 11) is 0. The van der Waals surface area contributed by atoms with Crippen molar-refractivity contribution in [3.8, 4) is 11.3 Å². The van der Waals surface area contributed by atoms with E-state index in [1.807, 2.05) is 77.7 Å². The molecule has 1 aliphatic rings. The van der Waals surface area contributed by atoms with Crippen LogP contribution >= 0.6 is 0 Å². The molecular formula is C39H33F3N4O2. The Labute approximate surface area is 277 Å². The van der Waals surface area contributed by atoms with Crippen LogP contribution in [0.5, 0.6) is 0 Å². The van der Waals surface area contributed by atoms with Gasteiger partial charge < -0.3 is 9.80 Å². The van der Waals surface area contributed by atoms with Gasteiger partial charge in [-0.15, -0.1) is 0 Å². The Bertz CT molecular complexity index is 1880. The first-order valence-corrected chi connectivity index (χ1v) is 15.7. The summed E-state index contributed by atoms with van der Waals surface area (Å²) in [6.07, 6.45) is 4.23. The van der Waals surface area contributed by atoms with Gasteiger partial charge in [0.15, 0.2) is 0 Å². The van der Waals surface area contributed by atoms with E-state index in [2.05, 4.69) is 16.0 Å². The summed E-state index contributed by atoms with van der Waals surface area (Å²) in [6.45, 7) is 1.10. The first-order valence-electron chi connectivity index (χ1n) is 15.7. The number of benzene rings is 4. The van der Waals surface area contributed by atoms with Gasteiger partial charge >= 0.3 is 6.18 Å². The summed E-state index contributed by atoms with van der Waals surface area (Å²) >= 11 is 0. The molecule has 48 heavy (non-hydrogen) atoms. The Hall–Kier alpha value is -5.57. The first kappa shape index (κ1) is 32.4. The normalized spacial score (nSPS) is 13.6. The Morgan fingerprint density at radius 1 is 0.833 bits per heavy atom. The molecule has 0 spiro atoms. The third kappa shape index (κ3) is 7.86. The van der Waals surface area contributed by atoms with Crippen molar-refractivity contribution in [2.75, 3.05) is 6.54 Å². The average Bonchev–Trinajstić information content (AvgIpc) is 3.12. The summed E-state index contributed by atoms with van der Waals surface area (Å²) in [6, 6.07) is 29.0. The molecule has 0 saturated heterocycles. The molecule has 5 aromatic rings. The molecule has 1 aliphatic heterocycles. The van der Waals surface area contributed by atoms with E-state index < -0.39 is 23.7 Å². The van der Waals surface area contributed by atoms with Gasteiger partial charge in [0.25, 0.3) is 0 Å². The second-order valence-electron chi connectivity index (χ2n) is 11.7. The van der Waals surface area contributed by atoms with Crippen LogP contribution in [-0.4, -0.2) is 44.2 Å². The number of carbonyl (C=O) groups is 2. The Morgan fingerprint density at radius 2 is 1.54 bits per heavy atom. The molecule has 2 amide bonds. The molecule has 6 rings (SSSR count). The van der Waals surface area contributed by atoms with Gasteiger partial charge in [-0.2, -0.15) is 13.2 Å². The van der Waals surface area contributed by atoms with E-state index in [1.165, 1.54) is 29.8 Å². The van der Waals surface area contributed by atoms with Crippen LogP contribution in [0.25, 0.3) is 17.3 Å². The Kier molecular flexibility index (Phi) is 9.75. The minimum Gasteiger partial charge on any atom is -0.336 e. The maximum Gasteiger partial charge on any atom is 0.416 e. The third-order valence-electron chi connectivity index (χ3n) is 8.48. The lowest BCUT2D eigenvalue weighted by molar-refractivity contribution is -0.144. The smallest absolute Gasteiger partial charge is 0.336 e. The average molecular weight is 647 g/mol. The SMILES string of the molecule is O=C([C@H](Cc1ccccc1)N(Cc1ccc(-c2cnccn2)cc1)C(=O)C=Cc1ccc(C(F)(F)F)cc1)N1CCc2ccccc2C1. The molecule has 0 N–H and O–H groups in total. The van der Waals surface area contributed by atoms with E-state index in [0.717, 1.165) is 34.4 Å².